The standard InChI is InChI=1S/C8H13IO2/c1-8(2,3)11-7(10)5-4-6(5)9/h5-6H,4H2,1-3H3. The van der Waals surface area contributed by atoms with Crippen LogP contribution in [0.4, 0.5) is 0 Å². The molecule has 64 valence electrons. The van der Waals surface area contributed by atoms with Gasteiger partial charge in [0.25, 0.3) is 0 Å². The van der Waals surface area contributed by atoms with Crippen LogP contribution >= 0.6 is 22.6 Å². The number of ether oxygens (including phenoxy) is 1. The molecule has 0 amide bonds. The Balaban J connectivity index is 2.33. The minimum atomic E-state index is -0.323. The van der Waals surface area contributed by atoms with Crippen LogP contribution in [-0.2, 0) is 9.53 Å². The first-order valence-corrected chi connectivity index (χ1v) is 5.01. The lowest BCUT2D eigenvalue weighted by Crippen LogP contribution is -2.25. The van der Waals surface area contributed by atoms with E-state index in [0.29, 0.717) is 3.92 Å². The quantitative estimate of drug-likeness (QED) is 0.414. The third kappa shape index (κ3) is 2.97. The highest BCUT2D eigenvalue weighted by atomic mass is 127. The van der Waals surface area contributed by atoms with Crippen LogP contribution in [0.3, 0.4) is 0 Å². The monoisotopic (exact) mass is 268 g/mol. The van der Waals surface area contributed by atoms with Crippen molar-refractivity contribution in [3.63, 3.8) is 0 Å². The van der Waals surface area contributed by atoms with Gasteiger partial charge in [0.1, 0.15) is 5.60 Å². The molecule has 2 atom stereocenters. The Morgan fingerprint density at radius 1 is 1.55 bits per heavy atom. The maximum Gasteiger partial charge on any atom is 0.310 e. The third-order valence-electron chi connectivity index (χ3n) is 1.42. The van der Waals surface area contributed by atoms with Crippen molar-refractivity contribution in [2.45, 2.75) is 36.7 Å². The second-order valence-electron chi connectivity index (χ2n) is 3.89. The maximum absolute atomic E-state index is 11.2. The Morgan fingerprint density at radius 2 is 2.00 bits per heavy atom. The second-order valence-corrected chi connectivity index (χ2v) is 5.49. The van der Waals surface area contributed by atoms with Crippen molar-refractivity contribution < 1.29 is 9.53 Å². The Morgan fingerprint density at radius 3 is 2.27 bits per heavy atom. The van der Waals surface area contributed by atoms with Crippen molar-refractivity contribution in [2.24, 2.45) is 5.92 Å². The van der Waals surface area contributed by atoms with Gasteiger partial charge < -0.3 is 4.74 Å². The number of alkyl halides is 1. The minimum absolute atomic E-state index is 0.0306. The topological polar surface area (TPSA) is 26.3 Å². The van der Waals surface area contributed by atoms with E-state index in [2.05, 4.69) is 22.6 Å². The van der Waals surface area contributed by atoms with E-state index in [9.17, 15) is 4.79 Å². The van der Waals surface area contributed by atoms with E-state index >= 15 is 0 Å². The number of carbonyl (C=O) groups is 1. The second kappa shape index (κ2) is 2.92. The molecule has 0 saturated heterocycles. The summed E-state index contributed by atoms with van der Waals surface area (Å²) in [6.07, 6.45) is 0.996. The molecule has 0 heterocycles. The molecule has 0 aromatic carbocycles. The summed E-state index contributed by atoms with van der Waals surface area (Å²) in [5, 5.41) is 0. The largest absolute Gasteiger partial charge is 0.460 e. The zero-order valence-electron chi connectivity index (χ0n) is 7.06. The first kappa shape index (κ1) is 9.29. The van der Waals surface area contributed by atoms with Crippen LogP contribution in [0.2, 0.25) is 0 Å². The van der Waals surface area contributed by atoms with Gasteiger partial charge in [-0.15, -0.1) is 0 Å². The first-order valence-electron chi connectivity index (χ1n) is 3.77. The van der Waals surface area contributed by atoms with Gasteiger partial charge in [-0.1, -0.05) is 22.6 Å². The Kier molecular flexibility index (Phi) is 2.46. The fraction of sp³-hybridized carbons (Fsp3) is 0.875. The first-order chi connectivity index (χ1) is 4.90. The van der Waals surface area contributed by atoms with Crippen molar-refractivity contribution in [3.8, 4) is 0 Å². The highest BCUT2D eigenvalue weighted by Crippen LogP contribution is 2.39. The van der Waals surface area contributed by atoms with Gasteiger partial charge in [0.2, 0.25) is 0 Å². The van der Waals surface area contributed by atoms with E-state index in [4.69, 9.17) is 4.74 Å². The molecule has 2 nitrogen and oxygen atoms in total. The van der Waals surface area contributed by atoms with Crippen LogP contribution in [0.15, 0.2) is 0 Å². The van der Waals surface area contributed by atoms with Crippen molar-refractivity contribution in [3.05, 3.63) is 0 Å². The molecule has 0 spiro atoms. The van der Waals surface area contributed by atoms with E-state index < -0.39 is 0 Å². The minimum Gasteiger partial charge on any atom is -0.460 e. The van der Waals surface area contributed by atoms with Crippen LogP contribution < -0.4 is 0 Å². The molecular weight excluding hydrogens is 255 g/mol. The summed E-state index contributed by atoms with van der Waals surface area (Å²) in [7, 11) is 0. The molecule has 0 aromatic rings. The molecular formula is C8H13IO2. The number of rotatable bonds is 1. The van der Waals surface area contributed by atoms with Gasteiger partial charge in [-0.3, -0.25) is 4.79 Å². The van der Waals surface area contributed by atoms with E-state index in [1.54, 1.807) is 0 Å². The van der Waals surface area contributed by atoms with Gasteiger partial charge in [0, 0.05) is 3.92 Å². The Labute approximate surface area is 80.8 Å². The van der Waals surface area contributed by atoms with Crippen LogP contribution in [0.25, 0.3) is 0 Å². The van der Waals surface area contributed by atoms with Crippen molar-refractivity contribution in [2.75, 3.05) is 0 Å². The molecule has 1 fully saturated rings. The Hall–Kier alpha value is 0.200. The summed E-state index contributed by atoms with van der Waals surface area (Å²) in [5.74, 6) is 0.145. The van der Waals surface area contributed by atoms with Gasteiger partial charge >= 0.3 is 5.97 Å². The summed E-state index contributed by atoms with van der Waals surface area (Å²) in [6.45, 7) is 5.69. The summed E-state index contributed by atoms with van der Waals surface area (Å²) in [6, 6.07) is 0. The summed E-state index contributed by atoms with van der Waals surface area (Å²) in [5.41, 5.74) is -0.323. The van der Waals surface area contributed by atoms with E-state index in [0.717, 1.165) is 6.42 Å². The van der Waals surface area contributed by atoms with E-state index in [1.807, 2.05) is 20.8 Å². The normalized spacial score (nSPS) is 29.8. The molecule has 1 aliphatic rings. The van der Waals surface area contributed by atoms with Gasteiger partial charge in [-0.05, 0) is 27.2 Å². The lowest BCUT2D eigenvalue weighted by Gasteiger charge is -2.19. The fourth-order valence-corrected chi connectivity index (χ4v) is 1.63. The molecule has 3 heteroatoms. The highest BCUT2D eigenvalue weighted by molar-refractivity contribution is 14.1. The number of halogens is 1. The average Bonchev–Trinajstić information content (AvgIpc) is 2.41. The molecule has 0 N–H and O–H groups in total. The molecule has 0 aromatic heterocycles. The zero-order valence-corrected chi connectivity index (χ0v) is 9.21. The van der Waals surface area contributed by atoms with Crippen LogP contribution in [0.1, 0.15) is 27.2 Å². The predicted octanol–water partition coefficient (Wildman–Crippen LogP) is 2.15. The molecule has 0 aliphatic heterocycles. The average molecular weight is 268 g/mol. The van der Waals surface area contributed by atoms with Crippen molar-refractivity contribution in [1.29, 1.82) is 0 Å². The lowest BCUT2D eigenvalue weighted by molar-refractivity contribution is -0.156. The van der Waals surface area contributed by atoms with Crippen LogP contribution in [-0.4, -0.2) is 15.5 Å². The van der Waals surface area contributed by atoms with Crippen LogP contribution in [0.5, 0.6) is 0 Å². The molecule has 0 radical (unpaired) electrons. The molecule has 2 unspecified atom stereocenters. The molecule has 11 heavy (non-hydrogen) atoms. The fourth-order valence-electron chi connectivity index (χ4n) is 0.785. The van der Waals surface area contributed by atoms with Crippen molar-refractivity contribution in [1.82, 2.24) is 0 Å². The number of hydrogen-bond acceptors (Lipinski definition) is 2. The lowest BCUT2D eigenvalue weighted by atomic mass is 10.2. The maximum atomic E-state index is 11.2. The summed E-state index contributed by atoms with van der Waals surface area (Å²) < 4.78 is 5.70. The van der Waals surface area contributed by atoms with Crippen LogP contribution in [0, 0.1) is 5.92 Å². The zero-order chi connectivity index (χ0) is 8.65. The number of esters is 1. The van der Waals surface area contributed by atoms with Gasteiger partial charge in [-0.2, -0.15) is 0 Å². The molecule has 1 rings (SSSR count). The third-order valence-corrected chi connectivity index (χ3v) is 2.80. The number of carbonyl (C=O) groups excluding carboxylic acids is 1. The van der Waals surface area contributed by atoms with Crippen molar-refractivity contribution >= 4 is 28.6 Å². The van der Waals surface area contributed by atoms with Gasteiger partial charge in [-0.25, -0.2) is 0 Å². The molecule has 1 aliphatic carbocycles. The summed E-state index contributed by atoms with van der Waals surface area (Å²) in [4.78, 5) is 11.2. The highest BCUT2D eigenvalue weighted by Gasteiger charge is 2.43. The SMILES string of the molecule is CC(C)(C)OC(=O)C1CC1I. The number of hydrogen-bond donors (Lipinski definition) is 0. The smallest absolute Gasteiger partial charge is 0.310 e. The Bertz CT molecular complexity index is 171. The summed E-state index contributed by atoms with van der Waals surface area (Å²) >= 11 is 2.28. The molecule has 1 saturated carbocycles. The predicted molar refractivity (Wildman–Crippen MR) is 51.8 cm³/mol. The van der Waals surface area contributed by atoms with Gasteiger partial charge in [0.05, 0.1) is 5.92 Å². The molecule has 0 bridgehead atoms. The van der Waals surface area contributed by atoms with E-state index in [1.165, 1.54) is 0 Å². The van der Waals surface area contributed by atoms with E-state index in [-0.39, 0.29) is 17.5 Å². The van der Waals surface area contributed by atoms with Gasteiger partial charge in [0.15, 0.2) is 0 Å².